The van der Waals surface area contributed by atoms with Gasteiger partial charge < -0.3 is 9.47 Å². The zero-order valence-corrected chi connectivity index (χ0v) is 8.59. The molecule has 12 heavy (non-hydrogen) atoms. The molecular formula is C10H20O2. The minimum Gasteiger partial charge on any atom is -0.496 e. The first-order chi connectivity index (χ1) is 5.54. The monoisotopic (exact) mass is 172 g/mol. The summed E-state index contributed by atoms with van der Waals surface area (Å²) in [6.45, 7) is 13.2. The number of ether oxygens (including phenoxy) is 2. The Morgan fingerprint density at radius 2 is 1.75 bits per heavy atom. The van der Waals surface area contributed by atoms with E-state index in [2.05, 4.69) is 20.4 Å². The van der Waals surface area contributed by atoms with Crippen LogP contribution >= 0.6 is 0 Å². The summed E-state index contributed by atoms with van der Waals surface area (Å²) in [5, 5.41) is 0. The molecule has 2 heteroatoms. The van der Waals surface area contributed by atoms with E-state index in [9.17, 15) is 0 Å². The van der Waals surface area contributed by atoms with Gasteiger partial charge in [-0.15, -0.1) is 0 Å². The van der Waals surface area contributed by atoms with E-state index >= 15 is 0 Å². The van der Waals surface area contributed by atoms with Crippen molar-refractivity contribution >= 4 is 0 Å². The van der Waals surface area contributed by atoms with Crippen LogP contribution in [0, 0.1) is 5.92 Å². The molecule has 0 saturated heterocycles. The fourth-order valence-corrected chi connectivity index (χ4v) is 0.623. The van der Waals surface area contributed by atoms with Crippen LogP contribution in [0.15, 0.2) is 12.3 Å². The van der Waals surface area contributed by atoms with Gasteiger partial charge in [-0.1, -0.05) is 20.4 Å². The molecule has 0 N–H and O–H groups in total. The molecule has 0 rings (SSSR count). The molecule has 2 nitrogen and oxygen atoms in total. The van der Waals surface area contributed by atoms with Crippen LogP contribution in [-0.4, -0.2) is 19.3 Å². The third-order valence-corrected chi connectivity index (χ3v) is 1.47. The van der Waals surface area contributed by atoms with Gasteiger partial charge in [-0.3, -0.25) is 0 Å². The van der Waals surface area contributed by atoms with Crippen LogP contribution in [0.5, 0.6) is 0 Å². The largest absolute Gasteiger partial charge is 0.496 e. The van der Waals surface area contributed by atoms with Gasteiger partial charge in [0.25, 0.3) is 0 Å². The number of hydrogen-bond donors (Lipinski definition) is 0. The zero-order valence-electron chi connectivity index (χ0n) is 8.59. The van der Waals surface area contributed by atoms with E-state index in [1.54, 1.807) is 0 Å². The normalized spacial score (nSPS) is 10.8. The molecule has 0 fully saturated rings. The van der Waals surface area contributed by atoms with Gasteiger partial charge in [0.1, 0.15) is 6.61 Å². The third kappa shape index (κ3) is 6.23. The smallest absolute Gasteiger partial charge is 0.111 e. The van der Waals surface area contributed by atoms with E-state index in [1.807, 2.05) is 13.8 Å². The SMILES string of the molecule is C=C(OCCOC(C)C)C(C)C. The van der Waals surface area contributed by atoms with Crippen molar-refractivity contribution in [2.24, 2.45) is 5.92 Å². The molecule has 0 spiro atoms. The van der Waals surface area contributed by atoms with Gasteiger partial charge >= 0.3 is 0 Å². The summed E-state index contributed by atoms with van der Waals surface area (Å²) in [4.78, 5) is 0. The Kier molecular flexibility index (Phi) is 5.81. The topological polar surface area (TPSA) is 18.5 Å². The molecule has 0 aliphatic heterocycles. The van der Waals surface area contributed by atoms with Crippen molar-refractivity contribution in [1.29, 1.82) is 0 Å². The van der Waals surface area contributed by atoms with Crippen molar-refractivity contribution in [3.8, 4) is 0 Å². The third-order valence-electron chi connectivity index (χ3n) is 1.47. The minimum atomic E-state index is 0.279. The van der Waals surface area contributed by atoms with Gasteiger partial charge in [0, 0.05) is 5.92 Å². The minimum absolute atomic E-state index is 0.279. The Hall–Kier alpha value is -0.500. The molecule has 0 heterocycles. The predicted molar refractivity (Wildman–Crippen MR) is 51.0 cm³/mol. The van der Waals surface area contributed by atoms with Crippen molar-refractivity contribution in [2.45, 2.75) is 33.8 Å². The molecule has 0 aromatic carbocycles. The first-order valence-corrected chi connectivity index (χ1v) is 4.47. The van der Waals surface area contributed by atoms with Crippen LogP contribution in [0.2, 0.25) is 0 Å². The lowest BCUT2D eigenvalue weighted by Gasteiger charge is -2.13. The maximum absolute atomic E-state index is 5.33. The van der Waals surface area contributed by atoms with Crippen molar-refractivity contribution in [2.75, 3.05) is 13.2 Å². The second-order valence-electron chi connectivity index (χ2n) is 3.39. The van der Waals surface area contributed by atoms with Crippen LogP contribution < -0.4 is 0 Å². The van der Waals surface area contributed by atoms with Crippen LogP contribution in [0.4, 0.5) is 0 Å². The maximum Gasteiger partial charge on any atom is 0.111 e. The van der Waals surface area contributed by atoms with Gasteiger partial charge in [0.15, 0.2) is 0 Å². The summed E-state index contributed by atoms with van der Waals surface area (Å²) in [6, 6.07) is 0. The van der Waals surface area contributed by atoms with E-state index in [-0.39, 0.29) is 6.10 Å². The Bertz CT molecular complexity index is 128. The Morgan fingerprint density at radius 1 is 1.17 bits per heavy atom. The van der Waals surface area contributed by atoms with E-state index in [0.29, 0.717) is 19.1 Å². The quantitative estimate of drug-likeness (QED) is 0.453. The lowest BCUT2D eigenvalue weighted by Crippen LogP contribution is -2.10. The van der Waals surface area contributed by atoms with Gasteiger partial charge in [-0.05, 0) is 13.8 Å². The van der Waals surface area contributed by atoms with Crippen LogP contribution in [-0.2, 0) is 9.47 Å². The summed E-state index contributed by atoms with van der Waals surface area (Å²) in [6.07, 6.45) is 0.279. The molecule has 0 saturated carbocycles. The predicted octanol–water partition coefficient (Wildman–Crippen LogP) is 2.60. The molecule has 0 aliphatic carbocycles. The molecule has 0 unspecified atom stereocenters. The molecule has 0 aromatic rings. The number of allylic oxidation sites excluding steroid dienone is 1. The lowest BCUT2D eigenvalue weighted by atomic mass is 10.2. The van der Waals surface area contributed by atoms with Gasteiger partial charge in [-0.2, -0.15) is 0 Å². The summed E-state index contributed by atoms with van der Waals surface area (Å²) in [7, 11) is 0. The fourth-order valence-electron chi connectivity index (χ4n) is 0.623. The summed E-state index contributed by atoms with van der Waals surface area (Å²) in [5.74, 6) is 1.23. The van der Waals surface area contributed by atoms with Crippen molar-refractivity contribution in [3.63, 3.8) is 0 Å². The molecule has 0 atom stereocenters. The maximum atomic E-state index is 5.33. The Morgan fingerprint density at radius 3 is 2.17 bits per heavy atom. The average molecular weight is 172 g/mol. The summed E-state index contributed by atoms with van der Waals surface area (Å²) < 4.78 is 10.6. The highest BCUT2D eigenvalue weighted by molar-refractivity contribution is 4.85. The fraction of sp³-hybridized carbons (Fsp3) is 0.800. The molecule has 72 valence electrons. The van der Waals surface area contributed by atoms with Gasteiger partial charge in [0.05, 0.1) is 18.5 Å². The molecule has 0 radical (unpaired) electrons. The van der Waals surface area contributed by atoms with Gasteiger partial charge in [0.2, 0.25) is 0 Å². The molecule has 0 aliphatic rings. The molecule has 0 bridgehead atoms. The van der Waals surface area contributed by atoms with Crippen LogP contribution in [0.3, 0.4) is 0 Å². The summed E-state index contributed by atoms with van der Waals surface area (Å²) >= 11 is 0. The van der Waals surface area contributed by atoms with E-state index in [1.165, 1.54) is 0 Å². The Balaban J connectivity index is 3.26. The zero-order chi connectivity index (χ0) is 9.56. The number of rotatable bonds is 6. The van der Waals surface area contributed by atoms with Crippen molar-refractivity contribution < 1.29 is 9.47 Å². The van der Waals surface area contributed by atoms with Crippen LogP contribution in [0.25, 0.3) is 0 Å². The Labute approximate surface area is 75.6 Å². The first-order valence-electron chi connectivity index (χ1n) is 4.47. The molecule has 0 aromatic heterocycles. The van der Waals surface area contributed by atoms with Crippen molar-refractivity contribution in [3.05, 3.63) is 12.3 Å². The second kappa shape index (κ2) is 6.06. The standard InChI is InChI=1S/C10H20O2/c1-8(2)10(5)12-7-6-11-9(3)4/h8-9H,5-7H2,1-4H3. The highest BCUT2D eigenvalue weighted by atomic mass is 16.5. The van der Waals surface area contributed by atoms with E-state index in [4.69, 9.17) is 9.47 Å². The second-order valence-corrected chi connectivity index (χ2v) is 3.39. The lowest BCUT2D eigenvalue weighted by molar-refractivity contribution is 0.0349. The van der Waals surface area contributed by atoms with Gasteiger partial charge in [-0.25, -0.2) is 0 Å². The number of hydrogen-bond acceptors (Lipinski definition) is 2. The molecule has 0 amide bonds. The average Bonchev–Trinajstić information content (AvgIpc) is 1.97. The molecular weight excluding hydrogens is 152 g/mol. The van der Waals surface area contributed by atoms with Crippen LogP contribution in [0.1, 0.15) is 27.7 Å². The first kappa shape index (κ1) is 11.5. The highest BCUT2D eigenvalue weighted by Gasteiger charge is 2.00. The van der Waals surface area contributed by atoms with Crippen molar-refractivity contribution in [1.82, 2.24) is 0 Å². The summed E-state index contributed by atoms with van der Waals surface area (Å²) in [5.41, 5.74) is 0. The van der Waals surface area contributed by atoms with E-state index in [0.717, 1.165) is 5.76 Å². The van der Waals surface area contributed by atoms with E-state index < -0.39 is 0 Å². The highest BCUT2D eigenvalue weighted by Crippen LogP contribution is 2.07.